The molecule has 2 heterocycles. The number of aromatic nitrogens is 2. The molecule has 23 heavy (non-hydrogen) atoms. The van der Waals surface area contributed by atoms with Crippen molar-refractivity contribution < 1.29 is 9.31 Å². The van der Waals surface area contributed by atoms with Gasteiger partial charge in [0.15, 0.2) is 0 Å². The van der Waals surface area contributed by atoms with Crippen LogP contribution in [-0.2, 0) is 9.31 Å². The van der Waals surface area contributed by atoms with E-state index >= 15 is 0 Å². The molecule has 0 bridgehead atoms. The first-order valence-corrected chi connectivity index (χ1v) is 8.29. The lowest BCUT2D eigenvalue weighted by atomic mass is 9.82. The van der Waals surface area contributed by atoms with Crippen LogP contribution in [0.3, 0.4) is 0 Å². The average molecular weight is 373 g/mol. The van der Waals surface area contributed by atoms with Crippen LogP contribution in [0, 0.1) is 0 Å². The maximum Gasteiger partial charge on any atom is 0.498 e. The Morgan fingerprint density at radius 3 is 2.04 bits per heavy atom. The summed E-state index contributed by atoms with van der Waals surface area (Å²) in [5.41, 5.74) is 0.552. The summed E-state index contributed by atoms with van der Waals surface area (Å²) in [5, 5.41) is 5.64. The zero-order valence-corrected chi connectivity index (χ0v) is 15.5. The largest absolute Gasteiger partial charge is 0.498 e. The summed E-state index contributed by atoms with van der Waals surface area (Å²) in [6.07, 6.45) is 3.48. The highest BCUT2D eigenvalue weighted by atomic mass is 35.5. The molecule has 0 aliphatic carbocycles. The number of rotatable bonds is 2. The molecule has 1 aromatic heterocycles. The number of benzene rings is 1. The minimum Gasteiger partial charge on any atom is -0.399 e. The molecule has 8 heteroatoms. The van der Waals surface area contributed by atoms with Crippen molar-refractivity contribution in [3.63, 3.8) is 0 Å². The molecular weight excluding hydrogens is 357 g/mol. The second-order valence-corrected chi connectivity index (χ2v) is 7.78. The van der Waals surface area contributed by atoms with E-state index in [4.69, 9.17) is 44.1 Å². The third kappa shape index (κ3) is 3.01. The Bertz CT molecular complexity index is 722. The fourth-order valence-electron chi connectivity index (χ4n) is 2.31. The molecule has 4 nitrogen and oxygen atoms in total. The normalized spacial score (nSPS) is 19.3. The highest BCUT2D eigenvalue weighted by Gasteiger charge is 2.52. The van der Waals surface area contributed by atoms with Crippen LogP contribution in [0.1, 0.15) is 27.7 Å². The predicted octanol–water partition coefficient (Wildman–Crippen LogP) is 4.13. The molecule has 1 aromatic carbocycles. The molecule has 0 amide bonds. The van der Waals surface area contributed by atoms with Crippen molar-refractivity contribution >= 4 is 47.4 Å². The number of nitrogens with zero attached hydrogens (tertiary/aromatic N) is 2. The fourth-order valence-corrected chi connectivity index (χ4v) is 3.30. The summed E-state index contributed by atoms with van der Waals surface area (Å²) in [6, 6.07) is 3.25. The van der Waals surface area contributed by atoms with Gasteiger partial charge in [0.25, 0.3) is 0 Å². The van der Waals surface area contributed by atoms with Gasteiger partial charge in [-0.3, -0.25) is 0 Å². The zero-order valence-electron chi connectivity index (χ0n) is 13.2. The van der Waals surface area contributed by atoms with Crippen LogP contribution in [0.5, 0.6) is 0 Å². The van der Waals surface area contributed by atoms with Crippen molar-refractivity contribution in [2.24, 2.45) is 0 Å². The maximum atomic E-state index is 6.24. The molecule has 1 aliphatic heterocycles. The summed E-state index contributed by atoms with van der Waals surface area (Å²) >= 11 is 18.4. The Hall–Kier alpha value is -0.715. The molecule has 1 aliphatic rings. The van der Waals surface area contributed by atoms with Crippen LogP contribution in [0.15, 0.2) is 24.5 Å². The van der Waals surface area contributed by atoms with Gasteiger partial charge in [0.2, 0.25) is 0 Å². The van der Waals surface area contributed by atoms with E-state index in [1.54, 1.807) is 29.2 Å². The summed E-state index contributed by atoms with van der Waals surface area (Å²) in [5.74, 6) is 0. The number of hydrogen-bond acceptors (Lipinski definition) is 3. The lowest BCUT2D eigenvalue weighted by Crippen LogP contribution is -2.41. The van der Waals surface area contributed by atoms with Gasteiger partial charge in [0, 0.05) is 22.9 Å². The molecule has 0 unspecified atom stereocenters. The van der Waals surface area contributed by atoms with E-state index in [0.29, 0.717) is 20.8 Å². The van der Waals surface area contributed by atoms with Gasteiger partial charge in [-0.1, -0.05) is 34.8 Å². The van der Waals surface area contributed by atoms with Crippen LogP contribution in [-0.4, -0.2) is 28.1 Å². The monoisotopic (exact) mass is 372 g/mol. The predicted molar refractivity (Wildman–Crippen MR) is 94.3 cm³/mol. The third-order valence-corrected chi connectivity index (χ3v) is 5.13. The summed E-state index contributed by atoms with van der Waals surface area (Å²) in [7, 11) is -0.487. The first-order chi connectivity index (χ1) is 10.6. The lowest BCUT2D eigenvalue weighted by Gasteiger charge is -2.32. The zero-order chi connectivity index (χ0) is 17.0. The lowest BCUT2D eigenvalue weighted by molar-refractivity contribution is 0.00578. The van der Waals surface area contributed by atoms with Crippen molar-refractivity contribution in [3.05, 3.63) is 39.6 Å². The van der Waals surface area contributed by atoms with Gasteiger partial charge in [-0.05, 0) is 39.8 Å². The molecule has 122 valence electrons. The van der Waals surface area contributed by atoms with Gasteiger partial charge < -0.3 is 9.31 Å². The van der Waals surface area contributed by atoms with E-state index in [2.05, 4.69) is 5.10 Å². The molecule has 0 spiro atoms. The Balaban J connectivity index is 1.94. The second-order valence-electron chi connectivity index (χ2n) is 6.52. The second kappa shape index (κ2) is 5.68. The smallest absolute Gasteiger partial charge is 0.399 e. The summed E-state index contributed by atoms with van der Waals surface area (Å²) in [6.45, 7) is 8.02. The van der Waals surface area contributed by atoms with Gasteiger partial charge in [-0.25, -0.2) is 4.68 Å². The van der Waals surface area contributed by atoms with Gasteiger partial charge in [0.05, 0.1) is 21.2 Å². The van der Waals surface area contributed by atoms with Gasteiger partial charge in [0.1, 0.15) is 5.69 Å². The van der Waals surface area contributed by atoms with Crippen LogP contribution < -0.4 is 5.46 Å². The first-order valence-electron chi connectivity index (χ1n) is 7.16. The van der Waals surface area contributed by atoms with Crippen molar-refractivity contribution in [3.8, 4) is 5.69 Å². The summed E-state index contributed by atoms with van der Waals surface area (Å²) in [4.78, 5) is 0. The van der Waals surface area contributed by atoms with E-state index in [-0.39, 0.29) is 0 Å². The van der Waals surface area contributed by atoms with Crippen LogP contribution >= 0.6 is 34.8 Å². The molecule has 1 saturated heterocycles. The summed E-state index contributed by atoms with van der Waals surface area (Å²) < 4.78 is 13.6. The standard InChI is InChI=1S/C15H16BCl3N2O2/c1-14(2)15(3,4)23-16(22-14)9-7-20-21(8-9)13-11(18)5-10(17)6-12(13)19/h5-8H,1-4H3. The Morgan fingerprint density at radius 1 is 1.00 bits per heavy atom. The van der Waals surface area contributed by atoms with Gasteiger partial charge >= 0.3 is 7.12 Å². The Labute approximate surface area is 150 Å². The molecule has 3 rings (SSSR count). The maximum absolute atomic E-state index is 6.24. The van der Waals surface area contributed by atoms with Crippen LogP contribution in [0.4, 0.5) is 0 Å². The molecule has 0 N–H and O–H groups in total. The molecule has 0 atom stereocenters. The third-order valence-electron chi connectivity index (χ3n) is 4.34. The van der Waals surface area contributed by atoms with E-state index in [1.165, 1.54) is 0 Å². The molecule has 2 aromatic rings. The Morgan fingerprint density at radius 2 is 1.52 bits per heavy atom. The van der Waals surface area contributed by atoms with E-state index in [0.717, 1.165) is 5.46 Å². The van der Waals surface area contributed by atoms with E-state index in [9.17, 15) is 0 Å². The number of hydrogen-bond donors (Lipinski definition) is 0. The van der Waals surface area contributed by atoms with Crippen molar-refractivity contribution in [1.82, 2.24) is 9.78 Å². The SMILES string of the molecule is CC1(C)OB(c2cnn(-c3c(Cl)cc(Cl)cc3Cl)c2)OC1(C)C. The molecule has 1 fully saturated rings. The minimum atomic E-state index is -0.487. The van der Waals surface area contributed by atoms with Crippen molar-refractivity contribution in [2.45, 2.75) is 38.9 Å². The quantitative estimate of drug-likeness (QED) is 0.743. The van der Waals surface area contributed by atoms with E-state index < -0.39 is 18.3 Å². The number of halogens is 3. The minimum absolute atomic E-state index is 0.407. The Kier molecular flexibility index (Phi) is 4.22. The van der Waals surface area contributed by atoms with Crippen LogP contribution in [0.2, 0.25) is 15.1 Å². The first kappa shape index (κ1) is 17.1. The fraction of sp³-hybridized carbons (Fsp3) is 0.400. The van der Waals surface area contributed by atoms with Gasteiger partial charge in [-0.15, -0.1) is 0 Å². The molecular formula is C15H16BCl3N2O2. The van der Waals surface area contributed by atoms with Crippen LogP contribution in [0.25, 0.3) is 5.69 Å². The molecule has 0 radical (unpaired) electrons. The topological polar surface area (TPSA) is 36.3 Å². The van der Waals surface area contributed by atoms with E-state index in [1.807, 2.05) is 27.7 Å². The highest BCUT2D eigenvalue weighted by Crippen LogP contribution is 2.37. The highest BCUT2D eigenvalue weighted by molar-refractivity contribution is 6.62. The average Bonchev–Trinajstić information content (AvgIpc) is 2.92. The van der Waals surface area contributed by atoms with Gasteiger partial charge in [-0.2, -0.15) is 5.10 Å². The van der Waals surface area contributed by atoms with Crippen molar-refractivity contribution in [2.75, 3.05) is 0 Å². The van der Waals surface area contributed by atoms with Crippen molar-refractivity contribution in [1.29, 1.82) is 0 Å². The molecule has 0 saturated carbocycles.